The predicted octanol–water partition coefficient (Wildman–Crippen LogP) is 3.84. The summed E-state index contributed by atoms with van der Waals surface area (Å²) in [5, 5.41) is 4.94. The van der Waals surface area contributed by atoms with E-state index in [1.165, 1.54) is 12.1 Å². The maximum Gasteiger partial charge on any atom is 0.256 e. The summed E-state index contributed by atoms with van der Waals surface area (Å²) in [5.41, 5.74) is 0.138. The molecule has 3 rings (SSSR count). The second-order valence-corrected chi connectivity index (χ2v) is 7.64. The standard InChI is InChI=1S/C20H23FN2O2S/c21-18-6-2-1-5-17(18)20(25)23-11-9-15(10-12-23)7-8-19(24)22-14-16-4-3-13-26-16/h1-6,13,15H,7-12,14H2,(H,22,24). The maximum atomic E-state index is 13.8. The molecule has 0 atom stereocenters. The number of piperidine rings is 1. The van der Waals surface area contributed by atoms with Crippen molar-refractivity contribution in [2.24, 2.45) is 5.92 Å². The summed E-state index contributed by atoms with van der Waals surface area (Å²) in [4.78, 5) is 27.2. The first-order valence-corrected chi connectivity index (χ1v) is 9.84. The molecular weight excluding hydrogens is 351 g/mol. The van der Waals surface area contributed by atoms with Crippen LogP contribution in [-0.2, 0) is 11.3 Å². The molecule has 1 N–H and O–H groups in total. The minimum atomic E-state index is -0.470. The number of carbonyl (C=O) groups excluding carboxylic acids is 2. The van der Waals surface area contributed by atoms with Crippen molar-refractivity contribution in [3.8, 4) is 0 Å². The molecule has 0 bridgehead atoms. The molecule has 1 aliphatic rings. The first kappa shape index (κ1) is 18.6. The van der Waals surface area contributed by atoms with Gasteiger partial charge in [-0.3, -0.25) is 9.59 Å². The number of thiophene rings is 1. The fourth-order valence-electron chi connectivity index (χ4n) is 3.25. The van der Waals surface area contributed by atoms with E-state index in [1.807, 2.05) is 17.5 Å². The average Bonchev–Trinajstić information content (AvgIpc) is 3.18. The molecule has 6 heteroatoms. The Morgan fingerprint density at radius 2 is 1.92 bits per heavy atom. The largest absolute Gasteiger partial charge is 0.351 e. The number of amides is 2. The number of hydrogen-bond acceptors (Lipinski definition) is 3. The number of carbonyl (C=O) groups is 2. The van der Waals surface area contributed by atoms with Gasteiger partial charge in [-0.15, -0.1) is 11.3 Å². The Morgan fingerprint density at radius 3 is 2.62 bits per heavy atom. The van der Waals surface area contributed by atoms with E-state index in [2.05, 4.69) is 5.32 Å². The summed E-state index contributed by atoms with van der Waals surface area (Å²) in [6, 6.07) is 10.1. The van der Waals surface area contributed by atoms with E-state index in [0.29, 0.717) is 32.0 Å². The van der Waals surface area contributed by atoms with Gasteiger partial charge in [0, 0.05) is 24.4 Å². The second kappa shape index (κ2) is 8.94. The highest BCUT2D eigenvalue weighted by Gasteiger charge is 2.25. The first-order chi connectivity index (χ1) is 12.6. The summed E-state index contributed by atoms with van der Waals surface area (Å²) in [5.74, 6) is -0.201. The molecule has 2 heterocycles. The Hall–Kier alpha value is -2.21. The summed E-state index contributed by atoms with van der Waals surface area (Å²) in [7, 11) is 0. The number of hydrogen-bond donors (Lipinski definition) is 1. The molecule has 4 nitrogen and oxygen atoms in total. The van der Waals surface area contributed by atoms with Crippen LogP contribution in [0.1, 0.15) is 40.9 Å². The lowest BCUT2D eigenvalue weighted by Crippen LogP contribution is -2.39. The lowest BCUT2D eigenvalue weighted by Gasteiger charge is -2.32. The Balaban J connectivity index is 1.39. The van der Waals surface area contributed by atoms with Crippen LogP contribution < -0.4 is 5.32 Å². The third-order valence-electron chi connectivity index (χ3n) is 4.83. The molecule has 138 valence electrons. The van der Waals surface area contributed by atoms with Crippen LogP contribution in [0.15, 0.2) is 41.8 Å². The fourth-order valence-corrected chi connectivity index (χ4v) is 3.90. The highest BCUT2D eigenvalue weighted by molar-refractivity contribution is 7.09. The summed E-state index contributed by atoms with van der Waals surface area (Å²) >= 11 is 1.63. The van der Waals surface area contributed by atoms with Crippen molar-refractivity contribution in [1.29, 1.82) is 0 Å². The molecule has 0 radical (unpaired) electrons. The third kappa shape index (κ3) is 4.91. The SMILES string of the molecule is O=C(CCC1CCN(C(=O)c2ccccc2F)CC1)NCc1cccs1. The van der Waals surface area contributed by atoms with E-state index in [-0.39, 0.29) is 17.4 Å². The molecule has 1 aliphatic heterocycles. The van der Waals surface area contributed by atoms with Crippen LogP contribution in [0.4, 0.5) is 4.39 Å². The predicted molar refractivity (Wildman–Crippen MR) is 100 cm³/mol. The quantitative estimate of drug-likeness (QED) is 0.835. The zero-order chi connectivity index (χ0) is 18.4. The molecule has 2 amide bonds. The zero-order valence-electron chi connectivity index (χ0n) is 14.6. The summed E-state index contributed by atoms with van der Waals surface area (Å²) in [6.45, 7) is 1.83. The van der Waals surface area contributed by atoms with Crippen LogP contribution in [0, 0.1) is 11.7 Å². The van der Waals surface area contributed by atoms with E-state index >= 15 is 0 Å². The van der Waals surface area contributed by atoms with Crippen molar-refractivity contribution < 1.29 is 14.0 Å². The number of nitrogens with one attached hydrogen (secondary N) is 1. The minimum Gasteiger partial charge on any atom is -0.351 e. The van der Waals surface area contributed by atoms with Gasteiger partial charge in [-0.05, 0) is 48.8 Å². The molecule has 0 spiro atoms. The molecule has 1 aromatic heterocycles. The molecule has 2 aromatic rings. The van der Waals surface area contributed by atoms with Gasteiger partial charge >= 0.3 is 0 Å². The molecule has 0 aliphatic carbocycles. The van der Waals surface area contributed by atoms with Crippen molar-refractivity contribution >= 4 is 23.2 Å². The van der Waals surface area contributed by atoms with Crippen LogP contribution in [0.3, 0.4) is 0 Å². The van der Waals surface area contributed by atoms with E-state index < -0.39 is 5.82 Å². The van der Waals surface area contributed by atoms with Gasteiger partial charge in [0.05, 0.1) is 12.1 Å². The minimum absolute atomic E-state index is 0.0725. The van der Waals surface area contributed by atoms with Crippen molar-refractivity contribution in [3.05, 3.63) is 58.0 Å². The molecule has 1 fully saturated rings. The molecule has 0 saturated carbocycles. The number of likely N-dealkylation sites (tertiary alicyclic amines) is 1. The summed E-state index contributed by atoms with van der Waals surface area (Å²) < 4.78 is 13.8. The van der Waals surface area contributed by atoms with Crippen molar-refractivity contribution in [1.82, 2.24) is 10.2 Å². The van der Waals surface area contributed by atoms with Gasteiger partial charge in [0.1, 0.15) is 5.82 Å². The van der Waals surface area contributed by atoms with Gasteiger partial charge in [0.2, 0.25) is 5.91 Å². The topological polar surface area (TPSA) is 49.4 Å². The fraction of sp³-hybridized carbons (Fsp3) is 0.400. The van der Waals surface area contributed by atoms with E-state index in [9.17, 15) is 14.0 Å². The second-order valence-electron chi connectivity index (χ2n) is 6.61. The van der Waals surface area contributed by atoms with E-state index in [0.717, 1.165) is 24.1 Å². The summed E-state index contributed by atoms with van der Waals surface area (Å²) in [6.07, 6.45) is 3.06. The van der Waals surface area contributed by atoms with Gasteiger partial charge in [-0.2, -0.15) is 0 Å². The van der Waals surface area contributed by atoms with Crippen LogP contribution in [0.25, 0.3) is 0 Å². The monoisotopic (exact) mass is 374 g/mol. The number of halogens is 1. The Bertz CT molecular complexity index is 740. The van der Waals surface area contributed by atoms with Gasteiger partial charge in [-0.1, -0.05) is 18.2 Å². The van der Waals surface area contributed by atoms with Crippen LogP contribution in [0.5, 0.6) is 0 Å². The molecule has 1 aromatic carbocycles. The van der Waals surface area contributed by atoms with Crippen molar-refractivity contribution in [3.63, 3.8) is 0 Å². The van der Waals surface area contributed by atoms with Gasteiger partial charge in [0.25, 0.3) is 5.91 Å². The zero-order valence-corrected chi connectivity index (χ0v) is 15.4. The lowest BCUT2D eigenvalue weighted by molar-refractivity contribution is -0.121. The molecular formula is C20H23FN2O2S. The molecule has 1 saturated heterocycles. The average molecular weight is 374 g/mol. The van der Waals surface area contributed by atoms with Gasteiger partial charge in [-0.25, -0.2) is 4.39 Å². The Morgan fingerprint density at radius 1 is 1.15 bits per heavy atom. The van der Waals surface area contributed by atoms with Crippen LogP contribution in [-0.4, -0.2) is 29.8 Å². The number of rotatable bonds is 6. The van der Waals surface area contributed by atoms with Gasteiger partial charge < -0.3 is 10.2 Å². The first-order valence-electron chi connectivity index (χ1n) is 8.96. The normalized spacial score (nSPS) is 15.0. The van der Waals surface area contributed by atoms with E-state index in [1.54, 1.807) is 28.4 Å². The highest BCUT2D eigenvalue weighted by atomic mass is 32.1. The van der Waals surface area contributed by atoms with Crippen molar-refractivity contribution in [2.45, 2.75) is 32.2 Å². The molecule has 0 unspecified atom stereocenters. The number of benzene rings is 1. The Labute approximate surface area is 157 Å². The Kier molecular flexibility index (Phi) is 6.39. The van der Waals surface area contributed by atoms with Crippen molar-refractivity contribution in [2.75, 3.05) is 13.1 Å². The third-order valence-corrected chi connectivity index (χ3v) is 5.70. The highest BCUT2D eigenvalue weighted by Crippen LogP contribution is 2.23. The number of nitrogens with zero attached hydrogens (tertiary/aromatic N) is 1. The van der Waals surface area contributed by atoms with Crippen LogP contribution in [0.2, 0.25) is 0 Å². The van der Waals surface area contributed by atoms with Gasteiger partial charge in [0.15, 0.2) is 0 Å². The maximum absolute atomic E-state index is 13.8. The van der Waals surface area contributed by atoms with E-state index in [4.69, 9.17) is 0 Å². The van der Waals surface area contributed by atoms with Crippen LogP contribution >= 0.6 is 11.3 Å². The smallest absolute Gasteiger partial charge is 0.256 e. The lowest BCUT2D eigenvalue weighted by atomic mass is 9.91. The molecule has 26 heavy (non-hydrogen) atoms.